The average Bonchev–Trinajstić information content (AvgIpc) is 3.05. The number of anilines is 1. The predicted octanol–water partition coefficient (Wildman–Crippen LogP) is 5.95. The number of benzene rings is 3. The SMILES string of the molecule is CC(C)(C)CN1C(=O)C(CC(=O)N2CCc3ccccc3C2)OC(c2cccc(CNC(=O)O)c2)c2cc(Cl)ccc21. The van der Waals surface area contributed by atoms with E-state index in [0.29, 0.717) is 35.9 Å². The summed E-state index contributed by atoms with van der Waals surface area (Å²) < 4.78 is 6.61. The fraction of sp³-hybridized carbons (Fsp3) is 0.364. The van der Waals surface area contributed by atoms with Gasteiger partial charge in [0.2, 0.25) is 5.91 Å². The molecule has 2 heterocycles. The second-order valence-corrected chi connectivity index (χ2v) is 12.6. The summed E-state index contributed by atoms with van der Waals surface area (Å²) >= 11 is 6.48. The lowest BCUT2D eigenvalue weighted by Crippen LogP contribution is -2.46. The summed E-state index contributed by atoms with van der Waals surface area (Å²) in [7, 11) is 0. The highest BCUT2D eigenvalue weighted by molar-refractivity contribution is 6.30. The molecular weight excluding hydrogens is 554 g/mol. The number of carboxylic acid groups (broad SMARTS) is 1. The number of nitrogens with zero attached hydrogens (tertiary/aromatic N) is 2. The first-order chi connectivity index (χ1) is 20.0. The van der Waals surface area contributed by atoms with Gasteiger partial charge in [-0.1, -0.05) is 80.9 Å². The Hall–Kier alpha value is -3.88. The number of nitrogens with one attached hydrogen (secondary N) is 1. The molecule has 9 heteroatoms. The van der Waals surface area contributed by atoms with Gasteiger partial charge in [-0.2, -0.15) is 0 Å². The van der Waals surface area contributed by atoms with Crippen LogP contribution in [0.25, 0.3) is 0 Å². The lowest BCUT2D eigenvalue weighted by atomic mass is 9.94. The minimum Gasteiger partial charge on any atom is -0.465 e. The third kappa shape index (κ3) is 6.77. The molecule has 2 aliphatic rings. The van der Waals surface area contributed by atoms with Crippen molar-refractivity contribution in [2.75, 3.05) is 18.0 Å². The molecule has 0 saturated carbocycles. The third-order valence-electron chi connectivity index (χ3n) is 7.58. The van der Waals surface area contributed by atoms with E-state index in [4.69, 9.17) is 21.4 Å². The summed E-state index contributed by atoms with van der Waals surface area (Å²) in [4.78, 5) is 42.6. The summed E-state index contributed by atoms with van der Waals surface area (Å²) in [6.45, 7) is 7.79. The van der Waals surface area contributed by atoms with Gasteiger partial charge in [0, 0.05) is 42.5 Å². The van der Waals surface area contributed by atoms with E-state index in [2.05, 4.69) is 32.2 Å². The van der Waals surface area contributed by atoms with Crippen LogP contribution in [0.3, 0.4) is 0 Å². The van der Waals surface area contributed by atoms with Gasteiger partial charge in [0.1, 0.15) is 12.2 Å². The van der Waals surface area contributed by atoms with Gasteiger partial charge < -0.3 is 25.0 Å². The lowest BCUT2D eigenvalue weighted by Gasteiger charge is -2.32. The molecule has 0 aliphatic carbocycles. The van der Waals surface area contributed by atoms with Crippen molar-refractivity contribution in [3.63, 3.8) is 0 Å². The number of halogens is 1. The molecule has 3 amide bonds. The standard InChI is InChI=1S/C33H36ClN3O5/c1-33(2,3)20-37-27-12-11-25(34)16-26(27)30(23-10-6-7-21(15-23)18-35-32(40)41)42-28(31(37)39)17-29(38)36-14-13-22-8-4-5-9-24(22)19-36/h4-12,15-16,28,30,35H,13-14,17-20H2,1-3H3,(H,40,41). The smallest absolute Gasteiger partial charge is 0.404 e. The topological polar surface area (TPSA) is 99.2 Å². The highest BCUT2D eigenvalue weighted by Gasteiger charge is 2.40. The Morgan fingerprint density at radius 1 is 1.05 bits per heavy atom. The van der Waals surface area contributed by atoms with Crippen molar-refractivity contribution in [2.45, 2.75) is 58.9 Å². The Morgan fingerprint density at radius 2 is 1.81 bits per heavy atom. The Kier molecular flexibility index (Phi) is 8.57. The van der Waals surface area contributed by atoms with Crippen LogP contribution in [0, 0.1) is 5.41 Å². The van der Waals surface area contributed by atoms with E-state index in [-0.39, 0.29) is 30.2 Å². The Bertz CT molecular complexity index is 1500. The fourth-order valence-corrected chi connectivity index (χ4v) is 5.82. The number of ether oxygens (including phenoxy) is 1. The molecule has 0 spiro atoms. The molecule has 0 aromatic heterocycles. The maximum atomic E-state index is 14.2. The largest absolute Gasteiger partial charge is 0.465 e. The van der Waals surface area contributed by atoms with Crippen LogP contribution < -0.4 is 10.2 Å². The van der Waals surface area contributed by atoms with Crippen molar-refractivity contribution in [3.05, 3.63) is 99.6 Å². The van der Waals surface area contributed by atoms with E-state index in [0.717, 1.165) is 23.1 Å². The zero-order valence-electron chi connectivity index (χ0n) is 24.1. The van der Waals surface area contributed by atoms with Crippen molar-refractivity contribution >= 4 is 35.2 Å². The number of carbonyl (C=O) groups is 3. The molecule has 0 fully saturated rings. The van der Waals surface area contributed by atoms with Gasteiger partial charge >= 0.3 is 6.09 Å². The number of carbonyl (C=O) groups excluding carboxylic acids is 2. The number of amides is 3. The summed E-state index contributed by atoms with van der Waals surface area (Å²) in [5, 5.41) is 12.0. The van der Waals surface area contributed by atoms with Crippen LogP contribution in [0.1, 0.15) is 61.1 Å². The van der Waals surface area contributed by atoms with Crippen LogP contribution in [0.15, 0.2) is 66.7 Å². The number of fused-ring (bicyclic) bond motifs is 2. The predicted molar refractivity (Wildman–Crippen MR) is 161 cm³/mol. The zero-order chi connectivity index (χ0) is 30.0. The van der Waals surface area contributed by atoms with E-state index < -0.39 is 18.3 Å². The van der Waals surface area contributed by atoms with Gasteiger partial charge in [-0.3, -0.25) is 9.59 Å². The van der Waals surface area contributed by atoms with Crippen molar-refractivity contribution in [1.82, 2.24) is 10.2 Å². The maximum absolute atomic E-state index is 14.2. The fourth-order valence-electron chi connectivity index (χ4n) is 5.64. The molecule has 2 N–H and O–H groups in total. The Balaban J connectivity index is 1.51. The van der Waals surface area contributed by atoms with Gasteiger partial charge in [0.15, 0.2) is 0 Å². The van der Waals surface area contributed by atoms with Crippen LogP contribution in [0.5, 0.6) is 0 Å². The minimum absolute atomic E-state index is 0.0971. The normalized spacial score (nSPS) is 18.6. The molecule has 3 aromatic rings. The van der Waals surface area contributed by atoms with Gasteiger partial charge in [0.05, 0.1) is 6.42 Å². The van der Waals surface area contributed by atoms with Crippen LogP contribution in [-0.2, 0) is 33.8 Å². The minimum atomic E-state index is -1.12. The summed E-state index contributed by atoms with van der Waals surface area (Å²) in [5.74, 6) is -0.411. The Morgan fingerprint density at radius 3 is 2.55 bits per heavy atom. The van der Waals surface area contributed by atoms with E-state index in [1.807, 2.05) is 48.5 Å². The highest BCUT2D eigenvalue weighted by Crippen LogP contribution is 2.41. The van der Waals surface area contributed by atoms with Gasteiger partial charge in [-0.25, -0.2) is 4.79 Å². The summed E-state index contributed by atoms with van der Waals surface area (Å²) in [5.41, 5.74) is 4.99. The van der Waals surface area contributed by atoms with Gasteiger partial charge in [0.25, 0.3) is 5.91 Å². The number of hydrogen-bond acceptors (Lipinski definition) is 4. The monoisotopic (exact) mass is 589 g/mol. The first-order valence-electron chi connectivity index (χ1n) is 14.1. The molecule has 0 saturated heterocycles. The number of hydrogen-bond donors (Lipinski definition) is 2. The molecule has 3 aromatic carbocycles. The molecule has 2 unspecified atom stereocenters. The van der Waals surface area contributed by atoms with Gasteiger partial charge in [-0.05, 0) is 52.3 Å². The molecule has 220 valence electrons. The first-order valence-corrected chi connectivity index (χ1v) is 14.5. The molecule has 2 aliphatic heterocycles. The third-order valence-corrected chi connectivity index (χ3v) is 7.81. The summed E-state index contributed by atoms with van der Waals surface area (Å²) in [6.07, 6.45) is -2.20. The summed E-state index contributed by atoms with van der Waals surface area (Å²) in [6, 6.07) is 20.9. The van der Waals surface area contributed by atoms with E-state index in [9.17, 15) is 14.4 Å². The van der Waals surface area contributed by atoms with Crippen LogP contribution >= 0.6 is 11.6 Å². The van der Waals surface area contributed by atoms with Gasteiger partial charge in [-0.15, -0.1) is 0 Å². The molecule has 42 heavy (non-hydrogen) atoms. The van der Waals surface area contributed by atoms with E-state index >= 15 is 0 Å². The molecule has 5 rings (SSSR count). The average molecular weight is 590 g/mol. The van der Waals surface area contributed by atoms with Crippen molar-refractivity contribution in [2.24, 2.45) is 5.41 Å². The maximum Gasteiger partial charge on any atom is 0.404 e. The number of rotatable bonds is 6. The van der Waals surface area contributed by atoms with E-state index in [1.54, 1.807) is 21.9 Å². The lowest BCUT2D eigenvalue weighted by molar-refractivity contribution is -0.143. The molecule has 8 nitrogen and oxygen atoms in total. The molecule has 2 atom stereocenters. The van der Waals surface area contributed by atoms with Crippen LogP contribution in [-0.4, -0.2) is 47.1 Å². The quantitative estimate of drug-likeness (QED) is 0.370. The second-order valence-electron chi connectivity index (χ2n) is 12.1. The second kappa shape index (κ2) is 12.2. The van der Waals surface area contributed by atoms with Crippen molar-refractivity contribution in [1.29, 1.82) is 0 Å². The zero-order valence-corrected chi connectivity index (χ0v) is 24.9. The highest BCUT2D eigenvalue weighted by atomic mass is 35.5. The van der Waals surface area contributed by atoms with Crippen molar-refractivity contribution < 1.29 is 24.2 Å². The van der Waals surface area contributed by atoms with E-state index in [1.165, 1.54) is 5.56 Å². The molecule has 0 radical (unpaired) electrons. The van der Waals surface area contributed by atoms with Crippen LogP contribution in [0.4, 0.5) is 10.5 Å². The van der Waals surface area contributed by atoms with Crippen LogP contribution in [0.2, 0.25) is 5.02 Å². The molecule has 0 bridgehead atoms. The first kappa shape index (κ1) is 29.6. The molecular formula is C33H36ClN3O5. The Labute approximate surface area is 251 Å². The van der Waals surface area contributed by atoms with Crippen molar-refractivity contribution in [3.8, 4) is 0 Å².